The lowest BCUT2D eigenvalue weighted by Gasteiger charge is -2.14. The normalized spacial score (nSPS) is 12.9. The molecule has 1 amide bonds. The Labute approximate surface area is 130 Å². The Morgan fingerprint density at radius 3 is 2.27 bits per heavy atom. The first kappa shape index (κ1) is 18.2. The molecule has 2 N–H and O–H groups in total. The molecule has 122 valence electrons. The molecule has 0 aliphatic carbocycles. The number of hydrogen-bond donors (Lipinski definition) is 2. The van der Waals surface area contributed by atoms with Crippen molar-refractivity contribution < 1.29 is 23.1 Å². The van der Waals surface area contributed by atoms with E-state index in [-0.39, 0.29) is 18.2 Å². The monoisotopic (exact) mass is 327 g/mol. The zero-order valence-corrected chi connectivity index (χ0v) is 13.5. The summed E-state index contributed by atoms with van der Waals surface area (Å²) in [7, 11) is -3.61. The molecule has 1 unspecified atom stereocenters. The van der Waals surface area contributed by atoms with Crippen LogP contribution in [0.25, 0.3) is 0 Å². The van der Waals surface area contributed by atoms with Crippen LogP contribution in [-0.4, -0.2) is 37.2 Å². The molecule has 0 fully saturated rings. The zero-order valence-electron chi connectivity index (χ0n) is 12.7. The van der Waals surface area contributed by atoms with Crippen molar-refractivity contribution in [3.8, 4) is 0 Å². The molecule has 1 aromatic carbocycles. The summed E-state index contributed by atoms with van der Waals surface area (Å²) < 4.78 is 24.2. The van der Waals surface area contributed by atoms with Crippen LogP contribution < -0.4 is 5.32 Å². The second-order valence-electron chi connectivity index (χ2n) is 5.50. The van der Waals surface area contributed by atoms with Gasteiger partial charge in [-0.15, -0.1) is 0 Å². The van der Waals surface area contributed by atoms with Crippen molar-refractivity contribution in [3.05, 3.63) is 35.9 Å². The van der Waals surface area contributed by atoms with E-state index in [0.29, 0.717) is 5.56 Å². The van der Waals surface area contributed by atoms with Gasteiger partial charge < -0.3 is 10.4 Å². The van der Waals surface area contributed by atoms with Crippen LogP contribution in [0.15, 0.2) is 30.3 Å². The highest BCUT2D eigenvalue weighted by Crippen LogP contribution is 2.13. The van der Waals surface area contributed by atoms with Crippen molar-refractivity contribution in [2.24, 2.45) is 5.92 Å². The number of carbonyl (C=O) groups is 2. The third-order valence-corrected chi connectivity index (χ3v) is 4.60. The van der Waals surface area contributed by atoms with Gasteiger partial charge in [-0.2, -0.15) is 0 Å². The van der Waals surface area contributed by atoms with Crippen molar-refractivity contribution in [1.29, 1.82) is 0 Å². The lowest BCUT2D eigenvalue weighted by atomic mass is 10.1. The number of sulfone groups is 1. The fourth-order valence-corrected chi connectivity index (χ4v) is 3.71. The minimum absolute atomic E-state index is 0.122. The highest BCUT2D eigenvalue weighted by molar-refractivity contribution is 7.90. The highest BCUT2D eigenvalue weighted by atomic mass is 32.2. The number of amides is 1. The van der Waals surface area contributed by atoms with Crippen LogP contribution in [0.3, 0.4) is 0 Å². The zero-order chi connectivity index (χ0) is 16.8. The van der Waals surface area contributed by atoms with Crippen LogP contribution in [0, 0.1) is 5.92 Å². The van der Waals surface area contributed by atoms with Crippen LogP contribution in [-0.2, 0) is 25.2 Å². The Morgan fingerprint density at radius 2 is 1.77 bits per heavy atom. The molecule has 6 nitrogen and oxygen atoms in total. The number of carbonyl (C=O) groups excluding carboxylic acids is 1. The minimum atomic E-state index is -3.61. The summed E-state index contributed by atoms with van der Waals surface area (Å²) in [5, 5.41) is 11.7. The molecule has 0 radical (unpaired) electrons. The maximum atomic E-state index is 12.1. The Balaban J connectivity index is 2.73. The Morgan fingerprint density at radius 1 is 1.18 bits per heavy atom. The summed E-state index contributed by atoms with van der Waals surface area (Å²) >= 11 is 0. The summed E-state index contributed by atoms with van der Waals surface area (Å²) in [5.74, 6) is -3.77. The predicted octanol–water partition coefficient (Wildman–Crippen LogP) is 1.22. The first-order valence-corrected chi connectivity index (χ1v) is 8.78. The van der Waals surface area contributed by atoms with Gasteiger partial charge in [0.15, 0.2) is 9.84 Å². The third-order valence-electron chi connectivity index (χ3n) is 2.92. The van der Waals surface area contributed by atoms with E-state index < -0.39 is 33.4 Å². The summed E-state index contributed by atoms with van der Waals surface area (Å²) in [6.07, 6.45) is -0.346. The fraction of sp³-hybridized carbons (Fsp3) is 0.467. The van der Waals surface area contributed by atoms with Gasteiger partial charge in [-0.3, -0.25) is 9.59 Å². The van der Waals surface area contributed by atoms with E-state index in [0.717, 1.165) is 0 Å². The van der Waals surface area contributed by atoms with Gasteiger partial charge in [0.05, 0.1) is 17.4 Å². The standard InChI is InChI=1S/C15H21NO5S/c1-11(2)16-14(17)8-13(15(18)19)10-22(20,21)9-12-6-4-3-5-7-12/h3-7,11,13H,8-10H2,1-2H3,(H,16,17)(H,18,19). The first-order valence-electron chi connectivity index (χ1n) is 6.96. The van der Waals surface area contributed by atoms with E-state index in [1.54, 1.807) is 44.2 Å². The number of benzene rings is 1. The van der Waals surface area contributed by atoms with E-state index in [1.807, 2.05) is 0 Å². The highest BCUT2D eigenvalue weighted by Gasteiger charge is 2.28. The molecule has 0 aromatic heterocycles. The number of hydrogen-bond acceptors (Lipinski definition) is 4. The molecule has 0 saturated carbocycles. The average Bonchev–Trinajstić information content (AvgIpc) is 2.37. The van der Waals surface area contributed by atoms with Crippen LogP contribution in [0.5, 0.6) is 0 Å². The lowest BCUT2D eigenvalue weighted by Crippen LogP contribution is -2.35. The molecular formula is C15H21NO5S. The van der Waals surface area contributed by atoms with E-state index in [1.165, 1.54) is 0 Å². The van der Waals surface area contributed by atoms with Gasteiger partial charge in [0.2, 0.25) is 5.91 Å². The molecule has 7 heteroatoms. The molecular weight excluding hydrogens is 306 g/mol. The third kappa shape index (κ3) is 6.71. The minimum Gasteiger partial charge on any atom is -0.481 e. The van der Waals surface area contributed by atoms with Gasteiger partial charge >= 0.3 is 5.97 Å². The molecule has 0 spiro atoms. The molecule has 22 heavy (non-hydrogen) atoms. The van der Waals surface area contributed by atoms with Crippen LogP contribution in [0.2, 0.25) is 0 Å². The molecule has 0 heterocycles. The summed E-state index contributed by atoms with van der Waals surface area (Å²) in [6.45, 7) is 3.50. The maximum absolute atomic E-state index is 12.1. The summed E-state index contributed by atoms with van der Waals surface area (Å²) in [4.78, 5) is 22.8. The smallest absolute Gasteiger partial charge is 0.308 e. The van der Waals surface area contributed by atoms with Gasteiger partial charge in [0.25, 0.3) is 0 Å². The van der Waals surface area contributed by atoms with Crippen molar-refractivity contribution in [2.45, 2.75) is 32.1 Å². The Hall–Kier alpha value is -1.89. The lowest BCUT2D eigenvalue weighted by molar-refractivity contribution is -0.143. The molecule has 0 saturated heterocycles. The first-order chi connectivity index (χ1) is 10.2. The number of carboxylic acid groups (broad SMARTS) is 1. The molecule has 0 aliphatic rings. The van der Waals surface area contributed by atoms with Gasteiger partial charge in [0.1, 0.15) is 0 Å². The number of carboxylic acids is 1. The number of aliphatic carboxylic acids is 1. The van der Waals surface area contributed by atoms with Gasteiger partial charge in [-0.1, -0.05) is 30.3 Å². The van der Waals surface area contributed by atoms with E-state index in [2.05, 4.69) is 5.32 Å². The maximum Gasteiger partial charge on any atom is 0.308 e. The average molecular weight is 327 g/mol. The van der Waals surface area contributed by atoms with E-state index in [9.17, 15) is 18.0 Å². The summed E-state index contributed by atoms with van der Waals surface area (Å²) in [6, 6.07) is 8.41. The van der Waals surface area contributed by atoms with Crippen molar-refractivity contribution in [1.82, 2.24) is 5.32 Å². The SMILES string of the molecule is CC(C)NC(=O)CC(CS(=O)(=O)Cc1ccccc1)C(=O)O. The number of nitrogens with one attached hydrogen (secondary N) is 1. The fourth-order valence-electron chi connectivity index (χ4n) is 2.02. The Bertz CT molecular complexity index is 610. The van der Waals surface area contributed by atoms with Crippen LogP contribution in [0.4, 0.5) is 0 Å². The van der Waals surface area contributed by atoms with Crippen molar-refractivity contribution in [2.75, 3.05) is 5.75 Å². The second-order valence-corrected chi connectivity index (χ2v) is 7.61. The Kier molecular flexibility index (Phi) is 6.55. The predicted molar refractivity (Wildman–Crippen MR) is 83.0 cm³/mol. The van der Waals surface area contributed by atoms with E-state index >= 15 is 0 Å². The van der Waals surface area contributed by atoms with E-state index in [4.69, 9.17) is 5.11 Å². The van der Waals surface area contributed by atoms with Crippen molar-refractivity contribution in [3.63, 3.8) is 0 Å². The molecule has 1 atom stereocenters. The second kappa shape index (κ2) is 7.93. The van der Waals surface area contributed by atoms with Crippen molar-refractivity contribution >= 4 is 21.7 Å². The molecule has 0 bridgehead atoms. The molecule has 0 aliphatic heterocycles. The van der Waals surface area contributed by atoms with Gasteiger partial charge in [0, 0.05) is 12.5 Å². The van der Waals surface area contributed by atoms with Crippen LogP contribution in [0.1, 0.15) is 25.8 Å². The largest absolute Gasteiger partial charge is 0.481 e. The molecule has 1 aromatic rings. The van der Waals surface area contributed by atoms with Gasteiger partial charge in [-0.25, -0.2) is 8.42 Å². The van der Waals surface area contributed by atoms with Crippen LogP contribution >= 0.6 is 0 Å². The summed E-state index contributed by atoms with van der Waals surface area (Å²) in [5.41, 5.74) is 0.596. The number of rotatable bonds is 8. The topological polar surface area (TPSA) is 101 Å². The van der Waals surface area contributed by atoms with Gasteiger partial charge in [-0.05, 0) is 19.4 Å². The quantitative estimate of drug-likeness (QED) is 0.747. The molecule has 1 rings (SSSR count).